The molecule has 3 aromatic heterocycles. The molecule has 0 aliphatic carbocycles. The number of ether oxygens (including phenoxy) is 1. The number of nitrogen functional groups attached to an aromatic ring is 1. The highest BCUT2D eigenvalue weighted by Crippen LogP contribution is 2.35. The van der Waals surface area contributed by atoms with Crippen LogP contribution in [0.15, 0.2) is 72.8 Å². The minimum Gasteiger partial charge on any atom is -0.382 e. The SMILES string of the molecule is Cn1c(CCCOCc2ccccc2)nc2c(N)nc(-c3ccc(-c4ccc(F)cc4)s3)cc21. The van der Waals surface area contributed by atoms with E-state index in [0.29, 0.717) is 19.0 Å². The predicted octanol–water partition coefficient (Wildman–Crippen LogP) is 6.23. The summed E-state index contributed by atoms with van der Waals surface area (Å²) in [6.45, 7) is 1.28. The molecular weight excluding hydrogens is 447 g/mol. The van der Waals surface area contributed by atoms with E-state index in [2.05, 4.69) is 21.7 Å². The van der Waals surface area contributed by atoms with Gasteiger partial charge in [0.05, 0.1) is 22.7 Å². The van der Waals surface area contributed by atoms with Gasteiger partial charge in [-0.05, 0) is 47.9 Å². The summed E-state index contributed by atoms with van der Waals surface area (Å²) in [5.41, 5.74) is 10.9. The molecule has 0 saturated heterocycles. The molecule has 0 aliphatic rings. The molecule has 2 N–H and O–H groups in total. The number of pyridine rings is 1. The molecular formula is C27H25FN4OS. The fourth-order valence-corrected chi connectivity index (χ4v) is 4.92. The molecule has 7 heteroatoms. The third kappa shape index (κ3) is 4.71. The van der Waals surface area contributed by atoms with Crippen LogP contribution in [-0.2, 0) is 24.8 Å². The Morgan fingerprint density at radius 1 is 0.971 bits per heavy atom. The van der Waals surface area contributed by atoms with Crippen molar-refractivity contribution in [1.82, 2.24) is 14.5 Å². The van der Waals surface area contributed by atoms with Gasteiger partial charge in [0.15, 0.2) is 5.82 Å². The average Bonchev–Trinajstić information content (AvgIpc) is 3.46. The Morgan fingerprint density at radius 3 is 2.53 bits per heavy atom. The monoisotopic (exact) mass is 472 g/mol. The van der Waals surface area contributed by atoms with Gasteiger partial charge in [-0.2, -0.15) is 0 Å². The fraction of sp³-hybridized carbons (Fsp3) is 0.185. The highest BCUT2D eigenvalue weighted by molar-refractivity contribution is 7.18. The molecule has 0 unspecified atom stereocenters. The number of imidazole rings is 1. The zero-order valence-corrected chi connectivity index (χ0v) is 19.7. The van der Waals surface area contributed by atoms with E-state index in [1.165, 1.54) is 17.7 Å². The van der Waals surface area contributed by atoms with Crippen LogP contribution in [0.4, 0.5) is 10.2 Å². The van der Waals surface area contributed by atoms with Crippen molar-refractivity contribution in [3.05, 3.63) is 90.0 Å². The molecule has 172 valence electrons. The number of nitrogens with zero attached hydrogens (tertiary/aromatic N) is 3. The molecule has 0 fully saturated rings. The maximum absolute atomic E-state index is 13.3. The third-order valence-corrected chi connectivity index (χ3v) is 6.93. The van der Waals surface area contributed by atoms with Crippen molar-refractivity contribution in [2.45, 2.75) is 19.4 Å². The second-order valence-electron chi connectivity index (χ2n) is 8.16. The maximum Gasteiger partial charge on any atom is 0.152 e. The van der Waals surface area contributed by atoms with Gasteiger partial charge in [0.2, 0.25) is 0 Å². The van der Waals surface area contributed by atoms with Crippen molar-refractivity contribution in [3.63, 3.8) is 0 Å². The molecule has 0 aliphatic heterocycles. The Bertz CT molecular complexity index is 1410. The van der Waals surface area contributed by atoms with Crippen LogP contribution < -0.4 is 5.73 Å². The summed E-state index contributed by atoms with van der Waals surface area (Å²) in [7, 11) is 2.01. The van der Waals surface area contributed by atoms with Gasteiger partial charge in [-0.25, -0.2) is 14.4 Å². The zero-order chi connectivity index (χ0) is 23.5. The lowest BCUT2D eigenvalue weighted by molar-refractivity contribution is 0.118. The molecule has 5 nitrogen and oxygen atoms in total. The number of hydrogen-bond donors (Lipinski definition) is 1. The van der Waals surface area contributed by atoms with Crippen LogP contribution in [0.3, 0.4) is 0 Å². The third-order valence-electron chi connectivity index (χ3n) is 5.78. The Balaban J connectivity index is 1.30. The van der Waals surface area contributed by atoms with Crippen LogP contribution >= 0.6 is 11.3 Å². The van der Waals surface area contributed by atoms with E-state index in [-0.39, 0.29) is 5.82 Å². The first-order chi connectivity index (χ1) is 16.6. The van der Waals surface area contributed by atoms with Crippen LogP contribution in [0, 0.1) is 5.82 Å². The quantitative estimate of drug-likeness (QED) is 0.272. The largest absolute Gasteiger partial charge is 0.382 e. The Morgan fingerprint density at radius 2 is 1.74 bits per heavy atom. The Kier molecular flexibility index (Phi) is 6.38. The molecule has 5 rings (SSSR count). The summed E-state index contributed by atoms with van der Waals surface area (Å²) < 4.78 is 21.1. The van der Waals surface area contributed by atoms with Crippen LogP contribution in [0.1, 0.15) is 17.8 Å². The minimum absolute atomic E-state index is 0.241. The van der Waals surface area contributed by atoms with Gasteiger partial charge in [0.1, 0.15) is 17.2 Å². The van der Waals surface area contributed by atoms with Crippen molar-refractivity contribution in [1.29, 1.82) is 0 Å². The van der Waals surface area contributed by atoms with Gasteiger partial charge in [-0.15, -0.1) is 11.3 Å². The summed E-state index contributed by atoms with van der Waals surface area (Å²) in [6.07, 6.45) is 1.67. The zero-order valence-electron chi connectivity index (χ0n) is 18.9. The van der Waals surface area contributed by atoms with Gasteiger partial charge < -0.3 is 15.0 Å². The molecule has 5 aromatic rings. The molecule has 0 bridgehead atoms. The lowest BCUT2D eigenvalue weighted by atomic mass is 10.2. The van der Waals surface area contributed by atoms with E-state index in [9.17, 15) is 4.39 Å². The first-order valence-corrected chi connectivity index (χ1v) is 12.0. The van der Waals surface area contributed by atoms with Crippen molar-refractivity contribution >= 4 is 28.2 Å². The maximum atomic E-state index is 13.3. The standard InChI is InChI=1S/C27H25FN4OS/c1-32-22-16-21(24-14-13-23(34-24)19-9-11-20(28)12-10-19)30-27(29)26(22)31-25(32)8-5-15-33-17-18-6-3-2-4-7-18/h2-4,6-7,9-14,16H,5,8,15,17H2,1H3,(H2,29,30). The molecule has 0 radical (unpaired) electrons. The summed E-state index contributed by atoms with van der Waals surface area (Å²) in [4.78, 5) is 11.4. The number of halogens is 1. The molecule has 0 spiro atoms. The lowest BCUT2D eigenvalue weighted by Crippen LogP contribution is -2.02. The Labute approximate surface area is 201 Å². The van der Waals surface area contributed by atoms with E-state index in [4.69, 9.17) is 15.5 Å². The topological polar surface area (TPSA) is 66.0 Å². The van der Waals surface area contributed by atoms with E-state index in [1.54, 1.807) is 23.5 Å². The van der Waals surface area contributed by atoms with Gasteiger partial charge >= 0.3 is 0 Å². The number of thiophene rings is 1. The molecule has 2 aromatic carbocycles. The lowest BCUT2D eigenvalue weighted by Gasteiger charge is -2.05. The van der Waals surface area contributed by atoms with E-state index in [0.717, 1.165) is 50.7 Å². The van der Waals surface area contributed by atoms with Crippen LogP contribution in [-0.4, -0.2) is 21.1 Å². The van der Waals surface area contributed by atoms with Gasteiger partial charge in [-0.1, -0.05) is 42.5 Å². The Hall–Kier alpha value is -3.55. The van der Waals surface area contributed by atoms with Gasteiger partial charge in [0.25, 0.3) is 0 Å². The smallest absolute Gasteiger partial charge is 0.152 e. The molecule has 0 amide bonds. The number of hydrogen-bond acceptors (Lipinski definition) is 5. The number of fused-ring (bicyclic) bond motifs is 1. The van der Waals surface area contributed by atoms with Crippen molar-refractivity contribution < 1.29 is 9.13 Å². The summed E-state index contributed by atoms with van der Waals surface area (Å²) in [5.74, 6) is 1.14. The summed E-state index contributed by atoms with van der Waals surface area (Å²) >= 11 is 1.61. The first kappa shape index (κ1) is 22.3. The number of anilines is 1. The number of aryl methyl sites for hydroxylation is 2. The second-order valence-corrected chi connectivity index (χ2v) is 9.24. The highest BCUT2D eigenvalue weighted by atomic mass is 32.1. The highest BCUT2D eigenvalue weighted by Gasteiger charge is 2.15. The van der Waals surface area contributed by atoms with E-state index < -0.39 is 0 Å². The minimum atomic E-state index is -0.241. The number of benzene rings is 2. The molecule has 3 heterocycles. The normalized spacial score (nSPS) is 11.4. The second kappa shape index (κ2) is 9.75. The van der Waals surface area contributed by atoms with Crippen LogP contribution in [0.2, 0.25) is 0 Å². The van der Waals surface area contributed by atoms with Crippen molar-refractivity contribution in [3.8, 4) is 21.0 Å². The van der Waals surface area contributed by atoms with Gasteiger partial charge in [-0.3, -0.25) is 0 Å². The van der Waals surface area contributed by atoms with E-state index in [1.807, 2.05) is 43.4 Å². The fourth-order valence-electron chi connectivity index (χ4n) is 3.95. The van der Waals surface area contributed by atoms with Gasteiger partial charge in [0, 0.05) is 25.0 Å². The van der Waals surface area contributed by atoms with Crippen LogP contribution in [0.5, 0.6) is 0 Å². The first-order valence-electron chi connectivity index (χ1n) is 11.2. The molecule has 0 atom stereocenters. The van der Waals surface area contributed by atoms with Crippen molar-refractivity contribution in [2.75, 3.05) is 12.3 Å². The summed E-state index contributed by atoms with van der Waals surface area (Å²) in [5, 5.41) is 0. The molecule has 0 saturated carbocycles. The predicted molar refractivity (Wildman–Crippen MR) is 136 cm³/mol. The average molecular weight is 473 g/mol. The number of nitrogens with two attached hydrogens (primary N) is 1. The number of rotatable bonds is 8. The summed E-state index contributed by atoms with van der Waals surface area (Å²) in [6, 6.07) is 22.8. The molecule has 34 heavy (non-hydrogen) atoms. The number of aromatic nitrogens is 3. The van der Waals surface area contributed by atoms with Crippen molar-refractivity contribution in [2.24, 2.45) is 7.05 Å². The van der Waals surface area contributed by atoms with E-state index >= 15 is 0 Å². The van der Waals surface area contributed by atoms with Crippen LogP contribution in [0.25, 0.3) is 32.0 Å².